The zero-order valence-corrected chi connectivity index (χ0v) is 19.7. The number of esters is 1. The van der Waals surface area contributed by atoms with Gasteiger partial charge in [-0.05, 0) is 69.1 Å². The molecule has 9 nitrogen and oxygen atoms in total. The van der Waals surface area contributed by atoms with Crippen LogP contribution in [-0.4, -0.2) is 71.0 Å². The van der Waals surface area contributed by atoms with Gasteiger partial charge in [0.2, 0.25) is 0 Å². The van der Waals surface area contributed by atoms with E-state index in [-0.39, 0.29) is 18.1 Å². The Morgan fingerprint density at radius 3 is 2.56 bits per heavy atom. The van der Waals surface area contributed by atoms with Gasteiger partial charge in [-0.3, -0.25) is 30.0 Å². The van der Waals surface area contributed by atoms with Gasteiger partial charge in [0.15, 0.2) is 0 Å². The van der Waals surface area contributed by atoms with E-state index in [1.54, 1.807) is 17.8 Å². The van der Waals surface area contributed by atoms with Gasteiger partial charge in [0.1, 0.15) is 11.6 Å². The second-order valence-corrected chi connectivity index (χ2v) is 9.59. The third-order valence-corrected chi connectivity index (χ3v) is 7.15. The van der Waals surface area contributed by atoms with Gasteiger partial charge >= 0.3 is 5.97 Å². The topological polar surface area (TPSA) is 113 Å². The van der Waals surface area contributed by atoms with E-state index < -0.39 is 11.4 Å². The first kappa shape index (κ1) is 24.8. The van der Waals surface area contributed by atoms with Crippen LogP contribution in [0.4, 0.5) is 0 Å². The lowest BCUT2D eigenvalue weighted by atomic mass is 9.87. The van der Waals surface area contributed by atoms with Crippen molar-refractivity contribution in [1.82, 2.24) is 20.7 Å². The van der Waals surface area contributed by atoms with Gasteiger partial charge in [-0.1, -0.05) is 6.07 Å². The Morgan fingerprint density at radius 2 is 1.91 bits per heavy atom. The summed E-state index contributed by atoms with van der Waals surface area (Å²) >= 11 is 0. The van der Waals surface area contributed by atoms with Crippen LogP contribution < -0.4 is 10.8 Å². The third-order valence-electron chi connectivity index (χ3n) is 7.15. The first-order valence-corrected chi connectivity index (χ1v) is 12.4. The van der Waals surface area contributed by atoms with Crippen LogP contribution in [0.25, 0.3) is 6.08 Å². The summed E-state index contributed by atoms with van der Waals surface area (Å²) in [4.78, 5) is 31.1. The summed E-state index contributed by atoms with van der Waals surface area (Å²) in [6.07, 6.45) is 12.2. The zero-order chi connectivity index (χ0) is 23.8. The van der Waals surface area contributed by atoms with Crippen molar-refractivity contribution >= 4 is 18.0 Å². The van der Waals surface area contributed by atoms with Gasteiger partial charge in [-0.2, -0.15) is 0 Å². The van der Waals surface area contributed by atoms with Gasteiger partial charge in [0, 0.05) is 51.2 Å². The molecule has 1 aromatic rings. The van der Waals surface area contributed by atoms with Crippen LogP contribution in [0, 0.1) is 0 Å². The molecule has 0 aromatic carbocycles. The largest absolute Gasteiger partial charge is 0.461 e. The predicted octanol–water partition coefficient (Wildman–Crippen LogP) is 2.19. The maximum Gasteiger partial charge on any atom is 0.326 e. The minimum absolute atomic E-state index is 0.0806. The van der Waals surface area contributed by atoms with E-state index >= 15 is 0 Å². The standard InChI is InChI=1S/C25H36N4O5/c30-23(28-32)8-6-19-5-7-21(26-17-19)18-29-13-9-20(10-14-29)27-25(11-15-33-16-12-25)24(31)34-22-3-1-2-4-22/h5-8,17,20,22,27,32H,1-4,9-16,18H2,(H,28,30). The average molecular weight is 473 g/mol. The smallest absolute Gasteiger partial charge is 0.326 e. The summed E-state index contributed by atoms with van der Waals surface area (Å²) in [5.74, 6) is -0.658. The molecule has 4 rings (SSSR count). The molecule has 0 atom stereocenters. The molecule has 1 saturated carbocycles. The van der Waals surface area contributed by atoms with Crippen molar-refractivity contribution in [3.63, 3.8) is 0 Å². The Kier molecular flexibility index (Phi) is 8.66. The molecule has 1 aliphatic carbocycles. The van der Waals surface area contributed by atoms with Crippen LogP contribution in [0.15, 0.2) is 24.4 Å². The number of piperidine rings is 1. The van der Waals surface area contributed by atoms with Crippen LogP contribution in [0.2, 0.25) is 0 Å². The Morgan fingerprint density at radius 1 is 1.18 bits per heavy atom. The summed E-state index contributed by atoms with van der Waals surface area (Å²) in [7, 11) is 0. The summed E-state index contributed by atoms with van der Waals surface area (Å²) in [6.45, 7) is 3.81. The summed E-state index contributed by atoms with van der Waals surface area (Å²) in [5, 5.41) is 12.3. The molecule has 1 aromatic heterocycles. The van der Waals surface area contributed by atoms with Crippen LogP contribution >= 0.6 is 0 Å². The number of nitrogens with zero attached hydrogens (tertiary/aromatic N) is 2. The number of ether oxygens (including phenoxy) is 2. The highest BCUT2D eigenvalue weighted by Crippen LogP contribution is 2.29. The van der Waals surface area contributed by atoms with Gasteiger partial charge in [0.05, 0.1) is 5.69 Å². The SMILES string of the molecule is O=C(C=Cc1ccc(CN2CCC(NC3(C(=O)OC4CCCC4)CCOCC3)CC2)nc1)NO. The Balaban J connectivity index is 1.27. The van der Waals surface area contributed by atoms with E-state index in [0.717, 1.165) is 69.4 Å². The molecule has 2 saturated heterocycles. The molecule has 3 aliphatic rings. The molecule has 0 unspecified atom stereocenters. The monoisotopic (exact) mass is 472 g/mol. The predicted molar refractivity (Wildman–Crippen MR) is 126 cm³/mol. The van der Waals surface area contributed by atoms with E-state index in [0.29, 0.717) is 26.1 Å². The van der Waals surface area contributed by atoms with Crippen LogP contribution in [0.3, 0.4) is 0 Å². The highest BCUT2D eigenvalue weighted by atomic mass is 16.5. The number of hydrogen-bond donors (Lipinski definition) is 3. The van der Waals surface area contributed by atoms with Crippen molar-refractivity contribution < 1.29 is 24.3 Å². The van der Waals surface area contributed by atoms with Crippen LogP contribution in [0.5, 0.6) is 0 Å². The maximum absolute atomic E-state index is 13.2. The number of hydroxylamine groups is 1. The highest BCUT2D eigenvalue weighted by molar-refractivity contribution is 5.90. The fourth-order valence-electron chi connectivity index (χ4n) is 5.09. The molecule has 186 valence electrons. The lowest BCUT2D eigenvalue weighted by molar-refractivity contribution is -0.162. The van der Waals surface area contributed by atoms with Gasteiger partial charge in [0.25, 0.3) is 5.91 Å². The molecule has 9 heteroatoms. The van der Waals surface area contributed by atoms with Gasteiger partial charge in [-0.15, -0.1) is 0 Å². The molecule has 1 amide bonds. The fraction of sp³-hybridized carbons (Fsp3) is 0.640. The molecular weight excluding hydrogens is 436 g/mol. The number of nitrogens with one attached hydrogen (secondary N) is 2. The van der Waals surface area contributed by atoms with E-state index in [1.807, 2.05) is 12.1 Å². The molecule has 3 heterocycles. The summed E-state index contributed by atoms with van der Waals surface area (Å²) in [6, 6.07) is 4.14. The molecule has 0 bridgehead atoms. The number of rotatable bonds is 8. The van der Waals surface area contributed by atoms with Crippen molar-refractivity contribution in [3.05, 3.63) is 35.7 Å². The van der Waals surface area contributed by atoms with Gasteiger partial charge in [-0.25, -0.2) is 5.48 Å². The molecule has 34 heavy (non-hydrogen) atoms. The maximum atomic E-state index is 13.2. The molecule has 0 spiro atoms. The summed E-state index contributed by atoms with van der Waals surface area (Å²) < 4.78 is 11.5. The zero-order valence-electron chi connectivity index (χ0n) is 19.7. The third kappa shape index (κ3) is 6.63. The van der Waals surface area contributed by atoms with E-state index in [4.69, 9.17) is 14.7 Å². The second-order valence-electron chi connectivity index (χ2n) is 9.59. The number of likely N-dealkylation sites (tertiary alicyclic amines) is 1. The molecule has 3 N–H and O–H groups in total. The van der Waals surface area contributed by atoms with E-state index in [2.05, 4.69) is 15.2 Å². The van der Waals surface area contributed by atoms with Crippen molar-refractivity contribution in [2.75, 3.05) is 26.3 Å². The molecular formula is C25H36N4O5. The molecule has 2 aliphatic heterocycles. The number of carbonyl (C=O) groups excluding carboxylic acids is 2. The minimum atomic E-state index is -0.620. The normalized spacial score (nSPS) is 22.1. The van der Waals surface area contributed by atoms with Crippen molar-refractivity contribution in [1.29, 1.82) is 0 Å². The minimum Gasteiger partial charge on any atom is -0.461 e. The number of amides is 1. The van der Waals surface area contributed by atoms with Crippen LogP contribution in [-0.2, 0) is 25.6 Å². The fourth-order valence-corrected chi connectivity index (χ4v) is 5.09. The average Bonchev–Trinajstić information content (AvgIpc) is 3.38. The number of pyridine rings is 1. The highest BCUT2D eigenvalue weighted by Gasteiger charge is 2.44. The van der Waals surface area contributed by atoms with Crippen molar-refractivity contribution in [2.24, 2.45) is 0 Å². The van der Waals surface area contributed by atoms with E-state index in [1.165, 1.54) is 6.08 Å². The second kappa shape index (κ2) is 11.9. The Labute approximate surface area is 200 Å². The Bertz CT molecular complexity index is 839. The lowest BCUT2D eigenvalue weighted by Crippen LogP contribution is -2.61. The van der Waals surface area contributed by atoms with Crippen molar-refractivity contribution in [3.8, 4) is 0 Å². The van der Waals surface area contributed by atoms with Gasteiger partial charge < -0.3 is 9.47 Å². The number of aromatic nitrogens is 1. The quantitative estimate of drug-likeness (QED) is 0.228. The van der Waals surface area contributed by atoms with E-state index in [9.17, 15) is 9.59 Å². The Hall–Kier alpha value is -2.33. The van der Waals surface area contributed by atoms with Crippen molar-refractivity contribution in [2.45, 2.75) is 75.6 Å². The number of carbonyl (C=O) groups is 2. The molecule has 3 fully saturated rings. The molecule has 0 radical (unpaired) electrons. The number of hydrogen-bond acceptors (Lipinski definition) is 8. The first-order valence-electron chi connectivity index (χ1n) is 12.4. The lowest BCUT2D eigenvalue weighted by Gasteiger charge is -2.41. The first-order chi connectivity index (χ1) is 16.6. The van der Waals surface area contributed by atoms with Crippen LogP contribution in [0.1, 0.15) is 62.6 Å². The summed E-state index contributed by atoms with van der Waals surface area (Å²) in [5.41, 5.74) is 2.71.